The van der Waals surface area contributed by atoms with Crippen molar-refractivity contribution in [3.63, 3.8) is 0 Å². The molecule has 2 heterocycles. The first-order valence-electron chi connectivity index (χ1n) is 11.1. The van der Waals surface area contributed by atoms with Crippen LogP contribution in [0.15, 0.2) is 60.8 Å². The van der Waals surface area contributed by atoms with Gasteiger partial charge in [0.25, 0.3) is 11.8 Å². The minimum absolute atomic E-state index is 0.0760. The zero-order valence-electron chi connectivity index (χ0n) is 18.8. The molecule has 1 aliphatic rings. The van der Waals surface area contributed by atoms with E-state index < -0.39 is 0 Å². The number of halogens is 1. The molecule has 2 amide bonds. The summed E-state index contributed by atoms with van der Waals surface area (Å²) in [6.45, 7) is 2.52. The molecule has 176 valence electrons. The quantitative estimate of drug-likeness (QED) is 0.530. The van der Waals surface area contributed by atoms with Gasteiger partial charge in [-0.1, -0.05) is 29.8 Å². The van der Waals surface area contributed by atoms with Crippen LogP contribution < -0.4 is 10.2 Å². The number of carbonyl (C=O) groups is 2. The Balaban J connectivity index is 1.54. The van der Waals surface area contributed by atoms with Gasteiger partial charge in [0.1, 0.15) is 5.82 Å². The summed E-state index contributed by atoms with van der Waals surface area (Å²) in [6.07, 6.45) is 2.65. The monoisotopic (exact) mass is 479 g/mol. The van der Waals surface area contributed by atoms with Crippen molar-refractivity contribution in [1.82, 2.24) is 4.98 Å². The average molecular weight is 480 g/mol. The molecule has 0 saturated carbocycles. The largest absolute Gasteiger partial charge is 0.394 e. The molecule has 0 fully saturated rings. The third-order valence-corrected chi connectivity index (χ3v) is 6.01. The van der Waals surface area contributed by atoms with Gasteiger partial charge in [0.15, 0.2) is 0 Å². The van der Waals surface area contributed by atoms with Crippen molar-refractivity contribution < 1.29 is 19.4 Å². The van der Waals surface area contributed by atoms with Crippen molar-refractivity contribution >= 4 is 34.9 Å². The van der Waals surface area contributed by atoms with Crippen LogP contribution in [0.5, 0.6) is 0 Å². The van der Waals surface area contributed by atoms with E-state index in [2.05, 4.69) is 10.3 Å². The summed E-state index contributed by atoms with van der Waals surface area (Å²) < 4.78 is 5.83. The summed E-state index contributed by atoms with van der Waals surface area (Å²) >= 11 is 6.23. The van der Waals surface area contributed by atoms with E-state index in [0.29, 0.717) is 34.9 Å². The van der Waals surface area contributed by atoms with Crippen molar-refractivity contribution in [2.45, 2.75) is 25.9 Å². The van der Waals surface area contributed by atoms with E-state index in [-0.39, 0.29) is 31.1 Å². The lowest BCUT2D eigenvalue weighted by molar-refractivity contribution is 0.0236. The van der Waals surface area contributed by atoms with E-state index in [1.165, 1.54) is 6.20 Å². The molecule has 34 heavy (non-hydrogen) atoms. The topological polar surface area (TPSA) is 91.8 Å². The van der Waals surface area contributed by atoms with Crippen LogP contribution >= 0.6 is 11.6 Å². The summed E-state index contributed by atoms with van der Waals surface area (Å²) in [7, 11) is 0. The number of aryl methyl sites for hydroxylation is 1. The maximum Gasteiger partial charge on any atom is 0.259 e. The van der Waals surface area contributed by atoms with E-state index in [1.807, 2.05) is 37.3 Å². The van der Waals surface area contributed by atoms with Gasteiger partial charge in [-0.3, -0.25) is 9.59 Å². The van der Waals surface area contributed by atoms with Crippen molar-refractivity contribution in [2.75, 3.05) is 30.0 Å². The first-order valence-corrected chi connectivity index (χ1v) is 11.5. The fraction of sp³-hybridized carbons (Fsp3) is 0.269. The molecule has 1 unspecified atom stereocenters. The standard InChI is InChI=1S/C26H26ClN3O4/c1-17-5-2-3-6-20(17)25(32)29-24-11-8-18(16-28-24)26(33)30-12-4-7-23(34-14-13-31)21-15-19(27)9-10-22(21)30/h2-3,5-6,8-11,15-16,23,31H,4,7,12-14H2,1H3,(H,28,29,32). The van der Waals surface area contributed by atoms with Gasteiger partial charge in [0.05, 0.1) is 24.9 Å². The number of anilines is 2. The number of nitrogens with zero attached hydrogens (tertiary/aromatic N) is 2. The third-order valence-electron chi connectivity index (χ3n) is 5.77. The van der Waals surface area contributed by atoms with Crippen LogP contribution in [0, 0.1) is 6.92 Å². The van der Waals surface area contributed by atoms with E-state index in [1.54, 1.807) is 29.2 Å². The molecule has 4 rings (SSSR count). The van der Waals surface area contributed by atoms with E-state index in [9.17, 15) is 9.59 Å². The molecule has 2 N–H and O–H groups in total. The Morgan fingerprint density at radius 2 is 2.03 bits per heavy atom. The van der Waals surface area contributed by atoms with Crippen molar-refractivity contribution in [1.29, 1.82) is 0 Å². The normalized spacial score (nSPS) is 15.4. The van der Waals surface area contributed by atoms with Crippen LogP contribution in [0.3, 0.4) is 0 Å². The van der Waals surface area contributed by atoms with Gasteiger partial charge < -0.3 is 20.1 Å². The minimum Gasteiger partial charge on any atom is -0.394 e. The maximum absolute atomic E-state index is 13.4. The Morgan fingerprint density at radius 1 is 1.21 bits per heavy atom. The SMILES string of the molecule is Cc1ccccc1C(=O)Nc1ccc(C(=O)N2CCCC(OCCO)c3cc(Cl)ccc32)cn1. The van der Waals surface area contributed by atoms with Crippen molar-refractivity contribution in [2.24, 2.45) is 0 Å². The molecule has 1 aliphatic heterocycles. The predicted octanol–water partition coefficient (Wildman–Crippen LogP) is 4.79. The number of fused-ring (bicyclic) bond motifs is 1. The highest BCUT2D eigenvalue weighted by Crippen LogP contribution is 2.37. The molecular formula is C26H26ClN3O4. The maximum atomic E-state index is 13.4. The lowest BCUT2D eigenvalue weighted by atomic mass is 10.0. The summed E-state index contributed by atoms with van der Waals surface area (Å²) in [5.41, 5.74) is 3.40. The van der Waals surface area contributed by atoms with Crippen LogP contribution in [-0.4, -0.2) is 41.7 Å². The number of hydrogen-bond donors (Lipinski definition) is 2. The molecule has 0 aliphatic carbocycles. The number of aliphatic hydroxyl groups excluding tert-OH is 1. The summed E-state index contributed by atoms with van der Waals surface area (Å²) in [5.74, 6) is -0.0853. The van der Waals surface area contributed by atoms with Gasteiger partial charge in [-0.2, -0.15) is 0 Å². The second-order valence-electron chi connectivity index (χ2n) is 8.09. The second-order valence-corrected chi connectivity index (χ2v) is 8.52. The van der Waals surface area contributed by atoms with Gasteiger partial charge in [-0.15, -0.1) is 0 Å². The number of aliphatic hydroxyl groups is 1. The fourth-order valence-corrected chi connectivity index (χ4v) is 4.26. The Morgan fingerprint density at radius 3 is 2.76 bits per heavy atom. The van der Waals surface area contributed by atoms with E-state index in [4.69, 9.17) is 21.4 Å². The zero-order valence-corrected chi connectivity index (χ0v) is 19.6. The number of amides is 2. The van der Waals surface area contributed by atoms with Crippen LogP contribution in [0.2, 0.25) is 5.02 Å². The molecule has 0 spiro atoms. The van der Waals surface area contributed by atoms with Crippen LogP contribution in [-0.2, 0) is 4.74 Å². The van der Waals surface area contributed by atoms with Gasteiger partial charge in [0, 0.05) is 34.6 Å². The summed E-state index contributed by atoms with van der Waals surface area (Å²) in [6, 6.07) is 16.0. The number of ether oxygens (including phenoxy) is 1. The Kier molecular flexibility index (Phi) is 7.57. The van der Waals surface area contributed by atoms with Crippen LogP contribution in [0.1, 0.15) is 50.8 Å². The Hall–Kier alpha value is -3.26. The molecule has 1 atom stereocenters. The first-order chi connectivity index (χ1) is 16.5. The van der Waals surface area contributed by atoms with Gasteiger partial charge in [0.2, 0.25) is 0 Å². The summed E-state index contributed by atoms with van der Waals surface area (Å²) in [5, 5.41) is 12.5. The first kappa shape index (κ1) is 23.9. The van der Waals surface area contributed by atoms with Gasteiger partial charge in [-0.05, 0) is 61.7 Å². The molecule has 1 aromatic heterocycles. The Labute approximate surface area is 203 Å². The van der Waals surface area contributed by atoms with Crippen LogP contribution in [0.4, 0.5) is 11.5 Å². The van der Waals surface area contributed by atoms with E-state index >= 15 is 0 Å². The fourth-order valence-electron chi connectivity index (χ4n) is 4.08. The zero-order chi connectivity index (χ0) is 24.1. The second kappa shape index (κ2) is 10.8. The van der Waals surface area contributed by atoms with E-state index in [0.717, 1.165) is 23.2 Å². The number of aromatic nitrogens is 1. The molecule has 0 bridgehead atoms. The number of benzene rings is 2. The average Bonchev–Trinajstić information content (AvgIpc) is 3.02. The lowest BCUT2D eigenvalue weighted by Crippen LogP contribution is -2.32. The molecule has 2 aromatic carbocycles. The van der Waals surface area contributed by atoms with Gasteiger partial charge in [-0.25, -0.2) is 4.98 Å². The number of pyridine rings is 1. The highest BCUT2D eigenvalue weighted by Gasteiger charge is 2.28. The highest BCUT2D eigenvalue weighted by molar-refractivity contribution is 6.30. The lowest BCUT2D eigenvalue weighted by Gasteiger charge is -2.24. The smallest absolute Gasteiger partial charge is 0.259 e. The molecule has 0 radical (unpaired) electrons. The highest BCUT2D eigenvalue weighted by atomic mass is 35.5. The number of hydrogen-bond acceptors (Lipinski definition) is 5. The van der Waals surface area contributed by atoms with Crippen molar-refractivity contribution in [3.8, 4) is 0 Å². The molecule has 0 saturated heterocycles. The molecule has 7 nitrogen and oxygen atoms in total. The predicted molar refractivity (Wildman–Crippen MR) is 132 cm³/mol. The van der Waals surface area contributed by atoms with Crippen LogP contribution in [0.25, 0.3) is 0 Å². The number of carbonyl (C=O) groups excluding carboxylic acids is 2. The number of rotatable bonds is 6. The van der Waals surface area contributed by atoms with Crippen molar-refractivity contribution in [3.05, 3.63) is 88.1 Å². The third kappa shape index (κ3) is 5.28. The summed E-state index contributed by atoms with van der Waals surface area (Å²) in [4.78, 5) is 31.9. The minimum atomic E-state index is -0.254. The molecule has 3 aromatic rings. The Bertz CT molecular complexity index is 1180. The molecule has 8 heteroatoms. The van der Waals surface area contributed by atoms with Gasteiger partial charge >= 0.3 is 0 Å². The number of nitrogens with one attached hydrogen (secondary N) is 1. The molecular weight excluding hydrogens is 454 g/mol.